The summed E-state index contributed by atoms with van der Waals surface area (Å²) in [5.74, 6) is -0.282. The number of benzene rings is 1. The summed E-state index contributed by atoms with van der Waals surface area (Å²) in [5.41, 5.74) is 0. The van der Waals surface area contributed by atoms with Crippen molar-refractivity contribution in [2.24, 2.45) is 0 Å². The van der Waals surface area contributed by atoms with Crippen molar-refractivity contribution in [3.63, 3.8) is 0 Å². The maximum atomic E-state index is 9.95. The predicted octanol–water partition coefficient (Wildman–Crippen LogP) is 1.66. The highest BCUT2D eigenvalue weighted by Crippen LogP contribution is 2.33. The lowest BCUT2D eigenvalue weighted by molar-refractivity contribution is -0.514. The molecule has 5 nitrogen and oxygen atoms in total. The van der Waals surface area contributed by atoms with E-state index in [2.05, 4.69) is 4.74 Å². The normalized spacial score (nSPS) is 9.62. The van der Waals surface area contributed by atoms with Crippen LogP contribution >= 0.6 is 11.6 Å². The van der Waals surface area contributed by atoms with Crippen molar-refractivity contribution >= 4 is 11.6 Å². The molecule has 0 radical (unpaired) electrons. The second-order valence-corrected chi connectivity index (χ2v) is 2.60. The number of phenols is 1. The zero-order valence-electron chi connectivity index (χ0n) is 6.44. The molecule has 0 saturated carbocycles. The molecule has 70 valence electrons. The summed E-state index contributed by atoms with van der Waals surface area (Å²) in [4.78, 5) is 9.29. The number of nitro groups is 1. The molecule has 0 fully saturated rings. The Morgan fingerprint density at radius 1 is 1.62 bits per heavy atom. The molecule has 0 unspecified atom stereocenters. The van der Waals surface area contributed by atoms with Crippen LogP contribution in [0.25, 0.3) is 0 Å². The molecule has 0 atom stereocenters. The topological polar surface area (TPSA) is 72.6 Å². The molecule has 0 amide bonds. The molecular formula is C7H6ClNO4. The third-order valence-corrected chi connectivity index (χ3v) is 1.56. The Bertz CT molecular complexity index is 308. The van der Waals surface area contributed by atoms with Crippen molar-refractivity contribution in [1.82, 2.24) is 0 Å². The Kier molecular flexibility index (Phi) is 2.92. The third kappa shape index (κ3) is 2.48. The van der Waals surface area contributed by atoms with Gasteiger partial charge in [0.05, 0.1) is 9.95 Å². The lowest BCUT2D eigenvalue weighted by atomic mass is 10.3. The minimum absolute atomic E-state index is 0.0686. The summed E-state index contributed by atoms with van der Waals surface area (Å²) in [7, 11) is 0. The Labute approximate surface area is 78.7 Å². The Balaban J connectivity index is 2.81. The van der Waals surface area contributed by atoms with Crippen LogP contribution in [0.4, 0.5) is 0 Å². The molecule has 1 aromatic rings. The molecule has 0 aromatic heterocycles. The highest BCUT2D eigenvalue weighted by molar-refractivity contribution is 6.32. The first-order valence-electron chi connectivity index (χ1n) is 3.33. The van der Waals surface area contributed by atoms with Gasteiger partial charge >= 0.3 is 6.73 Å². The van der Waals surface area contributed by atoms with E-state index in [1.54, 1.807) is 0 Å². The first-order chi connectivity index (χ1) is 6.11. The van der Waals surface area contributed by atoms with Gasteiger partial charge in [-0.3, -0.25) is 10.1 Å². The molecule has 0 aliphatic rings. The average Bonchev–Trinajstić information content (AvgIpc) is 2.03. The van der Waals surface area contributed by atoms with Gasteiger partial charge in [0.2, 0.25) is 0 Å². The molecule has 13 heavy (non-hydrogen) atoms. The average molecular weight is 204 g/mol. The molecular weight excluding hydrogens is 198 g/mol. The van der Waals surface area contributed by atoms with E-state index in [9.17, 15) is 15.2 Å². The minimum atomic E-state index is -0.725. The number of para-hydroxylation sites is 1. The van der Waals surface area contributed by atoms with Crippen LogP contribution in [0.1, 0.15) is 0 Å². The van der Waals surface area contributed by atoms with Gasteiger partial charge in [-0.25, -0.2) is 0 Å². The van der Waals surface area contributed by atoms with Crippen LogP contribution < -0.4 is 4.74 Å². The molecule has 0 heterocycles. The van der Waals surface area contributed by atoms with E-state index in [4.69, 9.17) is 11.6 Å². The van der Waals surface area contributed by atoms with Crippen LogP contribution in [0.2, 0.25) is 5.02 Å². The summed E-state index contributed by atoms with van der Waals surface area (Å²) < 4.78 is 4.65. The van der Waals surface area contributed by atoms with Crippen LogP contribution in [0.15, 0.2) is 18.2 Å². The Morgan fingerprint density at radius 3 is 2.85 bits per heavy atom. The van der Waals surface area contributed by atoms with Gasteiger partial charge in [-0.05, 0) is 12.1 Å². The molecule has 0 aliphatic carbocycles. The fraction of sp³-hybridized carbons (Fsp3) is 0.143. The molecule has 1 aromatic carbocycles. The number of halogens is 1. The van der Waals surface area contributed by atoms with Gasteiger partial charge in [-0.15, -0.1) is 0 Å². The van der Waals surface area contributed by atoms with E-state index in [0.717, 1.165) is 0 Å². The lowest BCUT2D eigenvalue weighted by Crippen LogP contribution is -2.08. The fourth-order valence-electron chi connectivity index (χ4n) is 0.758. The number of rotatable bonds is 3. The zero-order valence-corrected chi connectivity index (χ0v) is 7.19. The van der Waals surface area contributed by atoms with Crippen molar-refractivity contribution in [3.05, 3.63) is 33.3 Å². The van der Waals surface area contributed by atoms with Crippen LogP contribution in [-0.4, -0.2) is 16.8 Å². The lowest BCUT2D eigenvalue weighted by Gasteiger charge is -2.04. The number of ether oxygens (including phenoxy) is 1. The third-order valence-electron chi connectivity index (χ3n) is 1.26. The van der Waals surface area contributed by atoms with E-state index in [-0.39, 0.29) is 16.5 Å². The fourth-order valence-corrected chi connectivity index (χ4v) is 0.982. The molecule has 1 rings (SSSR count). The Morgan fingerprint density at radius 2 is 2.31 bits per heavy atom. The van der Waals surface area contributed by atoms with Gasteiger partial charge < -0.3 is 9.84 Å². The second kappa shape index (κ2) is 3.95. The van der Waals surface area contributed by atoms with E-state index in [0.29, 0.717) is 0 Å². The quantitative estimate of drug-likeness (QED) is 0.461. The molecule has 1 N–H and O–H groups in total. The monoisotopic (exact) mass is 203 g/mol. The smallest absolute Gasteiger partial charge is 0.344 e. The molecule has 0 spiro atoms. The second-order valence-electron chi connectivity index (χ2n) is 2.19. The summed E-state index contributed by atoms with van der Waals surface area (Å²) in [6.07, 6.45) is 0. The predicted molar refractivity (Wildman–Crippen MR) is 45.6 cm³/mol. The zero-order chi connectivity index (χ0) is 9.84. The maximum absolute atomic E-state index is 9.95. The van der Waals surface area contributed by atoms with E-state index < -0.39 is 11.7 Å². The van der Waals surface area contributed by atoms with Gasteiger partial charge in [-0.2, -0.15) is 0 Å². The summed E-state index contributed by atoms with van der Waals surface area (Å²) in [5, 5.41) is 19.3. The number of hydrogen-bond donors (Lipinski definition) is 1. The SMILES string of the molecule is O=[N+]([O-])COc1c(O)cccc1Cl. The van der Waals surface area contributed by atoms with Gasteiger partial charge in [0.1, 0.15) is 0 Å². The number of nitrogens with zero attached hydrogens (tertiary/aromatic N) is 1. The molecule has 0 saturated heterocycles. The number of hydrogen-bond acceptors (Lipinski definition) is 4. The first kappa shape index (κ1) is 9.60. The molecule has 6 heteroatoms. The van der Waals surface area contributed by atoms with Crippen LogP contribution in [-0.2, 0) is 0 Å². The first-order valence-corrected chi connectivity index (χ1v) is 3.71. The van der Waals surface area contributed by atoms with Crippen molar-refractivity contribution < 1.29 is 14.8 Å². The molecule has 0 aliphatic heterocycles. The van der Waals surface area contributed by atoms with Crippen LogP contribution in [0, 0.1) is 10.1 Å². The number of phenolic OH excluding ortho intramolecular Hbond substituents is 1. The minimum Gasteiger partial charge on any atom is -0.504 e. The van der Waals surface area contributed by atoms with Crippen molar-refractivity contribution in [3.8, 4) is 11.5 Å². The maximum Gasteiger partial charge on any atom is 0.344 e. The van der Waals surface area contributed by atoms with Gasteiger partial charge in [-0.1, -0.05) is 17.7 Å². The van der Waals surface area contributed by atoms with Crippen LogP contribution in [0.3, 0.4) is 0 Å². The number of aromatic hydroxyl groups is 1. The van der Waals surface area contributed by atoms with Gasteiger partial charge in [0.15, 0.2) is 11.5 Å². The molecule has 0 bridgehead atoms. The van der Waals surface area contributed by atoms with Gasteiger partial charge in [0.25, 0.3) is 0 Å². The Hall–Kier alpha value is -1.49. The van der Waals surface area contributed by atoms with E-state index >= 15 is 0 Å². The van der Waals surface area contributed by atoms with Gasteiger partial charge in [0, 0.05) is 0 Å². The summed E-state index contributed by atoms with van der Waals surface area (Å²) >= 11 is 5.61. The van der Waals surface area contributed by atoms with E-state index in [1.807, 2.05) is 0 Å². The summed E-state index contributed by atoms with van der Waals surface area (Å²) in [6, 6.07) is 4.31. The summed E-state index contributed by atoms with van der Waals surface area (Å²) in [6.45, 7) is -0.725. The van der Waals surface area contributed by atoms with E-state index in [1.165, 1.54) is 18.2 Å². The standard InChI is InChI=1S/C7H6ClNO4/c8-5-2-1-3-6(10)7(5)13-4-9(11)12/h1-3,10H,4H2. The van der Waals surface area contributed by atoms with Crippen LogP contribution in [0.5, 0.6) is 11.5 Å². The highest BCUT2D eigenvalue weighted by Gasteiger charge is 2.09. The van der Waals surface area contributed by atoms with Crippen molar-refractivity contribution in [2.75, 3.05) is 6.73 Å². The van der Waals surface area contributed by atoms with Crippen molar-refractivity contribution in [2.45, 2.75) is 0 Å². The largest absolute Gasteiger partial charge is 0.504 e. The highest BCUT2D eigenvalue weighted by atomic mass is 35.5. The van der Waals surface area contributed by atoms with Crippen molar-refractivity contribution in [1.29, 1.82) is 0 Å².